The molecule has 0 saturated carbocycles. The number of rotatable bonds is 6. The molecule has 0 fully saturated rings. The summed E-state index contributed by atoms with van der Waals surface area (Å²) in [6, 6.07) is 21.3. The molecule has 0 aliphatic carbocycles. The quantitative estimate of drug-likeness (QED) is 0.280. The van der Waals surface area contributed by atoms with Gasteiger partial charge in [0, 0.05) is 21.0 Å². The monoisotopic (exact) mass is 477 g/mol. The second kappa shape index (κ2) is 8.94. The van der Waals surface area contributed by atoms with E-state index in [0.29, 0.717) is 23.5 Å². The molecular formula is C25H20BrNO2S. The standard InChI is InChI=1S/C25H20BrNO2S/c1-16-3-6-18(7-4-16)22-15-30-24(27-22)14-29-23-12-5-17(2)13-21(23)25(28)19-8-10-20(26)11-9-19/h3-13,15H,14H2,1-2H3. The smallest absolute Gasteiger partial charge is 0.196 e. The zero-order valence-corrected chi connectivity index (χ0v) is 19.1. The Morgan fingerprint density at radius 3 is 2.40 bits per heavy atom. The normalized spacial score (nSPS) is 10.8. The molecule has 4 rings (SSSR count). The summed E-state index contributed by atoms with van der Waals surface area (Å²) >= 11 is 4.97. The third-order valence-corrected chi connectivity index (χ3v) is 6.09. The maximum Gasteiger partial charge on any atom is 0.196 e. The molecule has 0 aliphatic rings. The Balaban J connectivity index is 1.53. The number of aryl methyl sites for hydroxylation is 2. The summed E-state index contributed by atoms with van der Waals surface area (Å²) in [7, 11) is 0. The Bertz CT molecular complexity index is 1180. The van der Waals surface area contributed by atoms with Crippen LogP contribution in [0.5, 0.6) is 5.75 Å². The molecule has 3 nitrogen and oxygen atoms in total. The fourth-order valence-electron chi connectivity index (χ4n) is 3.08. The topological polar surface area (TPSA) is 39.2 Å². The van der Waals surface area contributed by atoms with Crippen LogP contribution in [-0.4, -0.2) is 10.8 Å². The first-order valence-electron chi connectivity index (χ1n) is 9.55. The second-order valence-electron chi connectivity index (χ2n) is 7.12. The van der Waals surface area contributed by atoms with Crippen LogP contribution in [0.15, 0.2) is 76.6 Å². The molecule has 0 amide bonds. The third kappa shape index (κ3) is 4.69. The first-order valence-corrected chi connectivity index (χ1v) is 11.2. The van der Waals surface area contributed by atoms with E-state index in [-0.39, 0.29) is 5.78 Å². The number of hydrogen-bond donors (Lipinski definition) is 0. The number of ketones is 1. The Morgan fingerprint density at radius 2 is 1.67 bits per heavy atom. The average Bonchev–Trinajstić information content (AvgIpc) is 3.22. The first kappa shape index (κ1) is 20.5. The SMILES string of the molecule is Cc1ccc(-c2csc(COc3ccc(C)cc3C(=O)c3ccc(Br)cc3)n2)cc1. The number of carbonyl (C=O) groups excluding carboxylic acids is 1. The number of hydrogen-bond acceptors (Lipinski definition) is 4. The Hall–Kier alpha value is -2.76. The molecule has 3 aromatic carbocycles. The van der Waals surface area contributed by atoms with Crippen molar-refractivity contribution in [2.24, 2.45) is 0 Å². The van der Waals surface area contributed by atoms with Crippen molar-refractivity contribution < 1.29 is 9.53 Å². The predicted octanol–water partition coefficient (Wildman–Crippen LogP) is 7.00. The predicted molar refractivity (Wildman–Crippen MR) is 125 cm³/mol. The largest absolute Gasteiger partial charge is 0.486 e. The van der Waals surface area contributed by atoms with Crippen molar-refractivity contribution in [1.82, 2.24) is 4.98 Å². The van der Waals surface area contributed by atoms with Gasteiger partial charge in [-0.15, -0.1) is 11.3 Å². The molecule has 0 saturated heterocycles. The van der Waals surface area contributed by atoms with Crippen molar-refractivity contribution >= 4 is 33.0 Å². The van der Waals surface area contributed by atoms with E-state index in [1.807, 2.05) is 54.8 Å². The summed E-state index contributed by atoms with van der Waals surface area (Å²) in [5, 5.41) is 2.90. The Kier molecular flexibility index (Phi) is 6.11. The lowest BCUT2D eigenvalue weighted by atomic mass is 10.0. The van der Waals surface area contributed by atoms with Crippen molar-refractivity contribution in [3.63, 3.8) is 0 Å². The lowest BCUT2D eigenvalue weighted by Gasteiger charge is -2.11. The van der Waals surface area contributed by atoms with E-state index in [2.05, 4.69) is 52.1 Å². The van der Waals surface area contributed by atoms with Gasteiger partial charge in [-0.3, -0.25) is 4.79 Å². The number of carbonyl (C=O) groups is 1. The summed E-state index contributed by atoms with van der Waals surface area (Å²) in [5.41, 5.74) is 5.45. The van der Waals surface area contributed by atoms with E-state index < -0.39 is 0 Å². The molecule has 1 aromatic heterocycles. The zero-order chi connectivity index (χ0) is 21.1. The molecule has 0 unspecified atom stereocenters. The Morgan fingerprint density at radius 1 is 0.967 bits per heavy atom. The molecular weight excluding hydrogens is 458 g/mol. The maximum atomic E-state index is 13.1. The molecule has 1 heterocycles. The summed E-state index contributed by atoms with van der Waals surface area (Å²) in [6.07, 6.45) is 0. The zero-order valence-electron chi connectivity index (χ0n) is 16.7. The van der Waals surface area contributed by atoms with Crippen molar-refractivity contribution in [3.8, 4) is 17.0 Å². The number of aromatic nitrogens is 1. The molecule has 4 aromatic rings. The summed E-state index contributed by atoms with van der Waals surface area (Å²) in [4.78, 5) is 17.7. The highest BCUT2D eigenvalue weighted by atomic mass is 79.9. The number of benzene rings is 3. The van der Waals surface area contributed by atoms with Crippen molar-refractivity contribution in [3.05, 3.63) is 104 Å². The fourth-order valence-corrected chi connectivity index (χ4v) is 4.06. The van der Waals surface area contributed by atoms with Crippen LogP contribution in [0.4, 0.5) is 0 Å². The van der Waals surface area contributed by atoms with Crippen LogP contribution in [0.25, 0.3) is 11.3 Å². The lowest BCUT2D eigenvalue weighted by Crippen LogP contribution is -2.06. The van der Waals surface area contributed by atoms with Gasteiger partial charge in [0.25, 0.3) is 0 Å². The van der Waals surface area contributed by atoms with Crippen molar-refractivity contribution in [1.29, 1.82) is 0 Å². The van der Waals surface area contributed by atoms with Gasteiger partial charge in [-0.05, 0) is 50.2 Å². The van der Waals surface area contributed by atoms with Gasteiger partial charge < -0.3 is 4.74 Å². The molecule has 150 valence electrons. The van der Waals surface area contributed by atoms with Crippen LogP contribution in [0.1, 0.15) is 32.1 Å². The van der Waals surface area contributed by atoms with Gasteiger partial charge in [0.05, 0.1) is 11.3 Å². The minimum Gasteiger partial charge on any atom is -0.486 e. The molecule has 5 heteroatoms. The number of ether oxygens (including phenoxy) is 1. The van der Waals surface area contributed by atoms with Crippen LogP contribution in [-0.2, 0) is 6.61 Å². The van der Waals surface area contributed by atoms with Crippen molar-refractivity contribution in [2.75, 3.05) is 0 Å². The summed E-state index contributed by atoms with van der Waals surface area (Å²) in [5.74, 6) is 0.515. The highest BCUT2D eigenvalue weighted by molar-refractivity contribution is 9.10. The number of thiazole rings is 1. The van der Waals surface area contributed by atoms with Gasteiger partial charge >= 0.3 is 0 Å². The van der Waals surface area contributed by atoms with E-state index in [9.17, 15) is 4.79 Å². The van der Waals surface area contributed by atoms with E-state index >= 15 is 0 Å². The van der Waals surface area contributed by atoms with Gasteiger partial charge in [-0.1, -0.05) is 57.4 Å². The van der Waals surface area contributed by atoms with E-state index in [1.165, 1.54) is 5.56 Å². The van der Waals surface area contributed by atoms with E-state index in [0.717, 1.165) is 26.3 Å². The first-order chi connectivity index (χ1) is 14.5. The van der Waals surface area contributed by atoms with Gasteiger partial charge in [0.15, 0.2) is 5.78 Å². The molecule has 0 atom stereocenters. The van der Waals surface area contributed by atoms with Crippen LogP contribution >= 0.6 is 27.3 Å². The van der Waals surface area contributed by atoms with Crippen LogP contribution in [0, 0.1) is 13.8 Å². The summed E-state index contributed by atoms with van der Waals surface area (Å²) in [6.45, 7) is 4.36. The maximum absolute atomic E-state index is 13.1. The highest BCUT2D eigenvalue weighted by Gasteiger charge is 2.16. The van der Waals surface area contributed by atoms with Gasteiger partial charge in [0.2, 0.25) is 0 Å². The molecule has 30 heavy (non-hydrogen) atoms. The molecule has 0 radical (unpaired) electrons. The van der Waals surface area contributed by atoms with Gasteiger partial charge in [-0.2, -0.15) is 0 Å². The van der Waals surface area contributed by atoms with E-state index in [4.69, 9.17) is 4.74 Å². The second-order valence-corrected chi connectivity index (χ2v) is 8.98. The van der Waals surface area contributed by atoms with Crippen LogP contribution in [0.2, 0.25) is 0 Å². The third-order valence-electron chi connectivity index (χ3n) is 4.74. The fraction of sp³-hybridized carbons (Fsp3) is 0.120. The van der Waals surface area contributed by atoms with Crippen molar-refractivity contribution in [2.45, 2.75) is 20.5 Å². The lowest BCUT2D eigenvalue weighted by molar-refractivity contribution is 0.103. The minimum absolute atomic E-state index is 0.0549. The molecule has 0 aliphatic heterocycles. The molecule has 0 bridgehead atoms. The average molecular weight is 478 g/mol. The highest BCUT2D eigenvalue weighted by Crippen LogP contribution is 2.27. The number of nitrogens with zero attached hydrogens (tertiary/aromatic N) is 1. The minimum atomic E-state index is -0.0549. The van der Waals surface area contributed by atoms with Gasteiger partial charge in [-0.25, -0.2) is 4.98 Å². The van der Waals surface area contributed by atoms with Gasteiger partial charge in [0.1, 0.15) is 17.4 Å². The Labute approximate surface area is 188 Å². The van der Waals surface area contributed by atoms with Crippen LogP contribution in [0.3, 0.4) is 0 Å². The van der Waals surface area contributed by atoms with Crippen LogP contribution < -0.4 is 4.74 Å². The number of halogens is 1. The van der Waals surface area contributed by atoms with E-state index in [1.54, 1.807) is 11.3 Å². The summed E-state index contributed by atoms with van der Waals surface area (Å²) < 4.78 is 6.97. The molecule has 0 N–H and O–H groups in total. The molecule has 0 spiro atoms.